The molecule has 0 bridgehead atoms. The number of nitrogens with zero attached hydrogens (tertiary/aromatic N) is 3. The SMILES string of the molecule is CNC(=O)[C@@H](Cc1cn(C)c2ccccc12)NC(=O)CN(CC(=O)NCc1sc(-c2ccccc2)nc1C)c1ccccc1. The molecule has 0 saturated carbocycles. The van der Waals surface area contributed by atoms with Gasteiger partial charge in [0.15, 0.2) is 0 Å². The fourth-order valence-electron chi connectivity index (χ4n) is 5.19. The zero-order chi connectivity index (χ0) is 31.1. The van der Waals surface area contributed by atoms with Crippen LogP contribution < -0.4 is 20.9 Å². The zero-order valence-electron chi connectivity index (χ0n) is 25.0. The van der Waals surface area contributed by atoms with Crippen molar-refractivity contribution in [3.05, 3.63) is 107 Å². The van der Waals surface area contributed by atoms with Crippen LogP contribution in [0.3, 0.4) is 0 Å². The van der Waals surface area contributed by atoms with Gasteiger partial charge in [0, 0.05) is 53.7 Å². The third kappa shape index (κ3) is 7.33. The lowest BCUT2D eigenvalue weighted by Crippen LogP contribution is -2.51. The van der Waals surface area contributed by atoms with Crippen molar-refractivity contribution in [2.24, 2.45) is 7.05 Å². The number of anilines is 1. The Hall–Kier alpha value is -4.96. The van der Waals surface area contributed by atoms with Gasteiger partial charge in [-0.1, -0.05) is 66.7 Å². The predicted molar refractivity (Wildman–Crippen MR) is 175 cm³/mol. The summed E-state index contributed by atoms with van der Waals surface area (Å²) >= 11 is 1.55. The molecule has 1 atom stereocenters. The normalized spacial score (nSPS) is 11.6. The number of benzene rings is 3. The number of amides is 3. The Bertz CT molecular complexity index is 1750. The molecule has 5 rings (SSSR count). The molecule has 0 spiro atoms. The van der Waals surface area contributed by atoms with E-state index >= 15 is 0 Å². The highest BCUT2D eigenvalue weighted by Gasteiger charge is 2.24. The summed E-state index contributed by atoms with van der Waals surface area (Å²) < 4.78 is 2.01. The Morgan fingerprint density at radius 1 is 0.909 bits per heavy atom. The summed E-state index contributed by atoms with van der Waals surface area (Å²) in [5, 5.41) is 10.5. The number of likely N-dealkylation sites (N-methyl/N-ethyl adjacent to an activating group) is 1. The van der Waals surface area contributed by atoms with Gasteiger partial charge in [-0.25, -0.2) is 4.98 Å². The second-order valence-electron chi connectivity index (χ2n) is 10.6. The summed E-state index contributed by atoms with van der Waals surface area (Å²) in [4.78, 5) is 46.7. The number of thiazole rings is 1. The monoisotopic (exact) mass is 608 g/mol. The van der Waals surface area contributed by atoms with E-state index in [9.17, 15) is 14.4 Å². The molecule has 0 unspecified atom stereocenters. The molecule has 10 heteroatoms. The topological polar surface area (TPSA) is 108 Å². The molecular weight excluding hydrogens is 572 g/mol. The van der Waals surface area contributed by atoms with Crippen molar-refractivity contribution in [1.82, 2.24) is 25.5 Å². The first-order valence-electron chi connectivity index (χ1n) is 14.4. The van der Waals surface area contributed by atoms with Gasteiger partial charge < -0.3 is 25.4 Å². The van der Waals surface area contributed by atoms with Gasteiger partial charge in [0.05, 0.1) is 25.3 Å². The van der Waals surface area contributed by atoms with Crippen molar-refractivity contribution in [2.75, 3.05) is 25.0 Å². The van der Waals surface area contributed by atoms with Crippen LogP contribution in [0, 0.1) is 6.92 Å². The smallest absolute Gasteiger partial charge is 0.242 e. The molecule has 0 aliphatic heterocycles. The highest BCUT2D eigenvalue weighted by molar-refractivity contribution is 7.15. The van der Waals surface area contributed by atoms with Crippen molar-refractivity contribution in [1.29, 1.82) is 0 Å². The van der Waals surface area contributed by atoms with Gasteiger partial charge in [-0.15, -0.1) is 11.3 Å². The van der Waals surface area contributed by atoms with E-state index in [-0.39, 0.29) is 30.8 Å². The van der Waals surface area contributed by atoms with Gasteiger partial charge in [0.25, 0.3) is 0 Å². The van der Waals surface area contributed by atoms with Crippen LogP contribution in [0.2, 0.25) is 0 Å². The number of nitrogens with one attached hydrogen (secondary N) is 3. The van der Waals surface area contributed by atoms with Crippen LogP contribution in [0.1, 0.15) is 16.1 Å². The molecule has 3 amide bonds. The van der Waals surface area contributed by atoms with Gasteiger partial charge in [0.1, 0.15) is 11.0 Å². The first-order valence-corrected chi connectivity index (χ1v) is 15.3. The number of carbonyl (C=O) groups is 3. The van der Waals surface area contributed by atoms with Gasteiger partial charge >= 0.3 is 0 Å². The van der Waals surface area contributed by atoms with Crippen molar-refractivity contribution < 1.29 is 14.4 Å². The molecule has 3 aromatic carbocycles. The molecule has 5 aromatic rings. The quantitative estimate of drug-likeness (QED) is 0.197. The zero-order valence-corrected chi connectivity index (χ0v) is 25.9. The Labute approximate surface area is 260 Å². The molecule has 44 heavy (non-hydrogen) atoms. The van der Waals surface area contributed by atoms with Crippen LogP contribution in [0.4, 0.5) is 5.69 Å². The highest BCUT2D eigenvalue weighted by Crippen LogP contribution is 2.27. The van der Waals surface area contributed by atoms with E-state index in [4.69, 9.17) is 0 Å². The molecule has 0 aliphatic carbocycles. The molecule has 0 aliphatic rings. The highest BCUT2D eigenvalue weighted by atomic mass is 32.1. The van der Waals surface area contributed by atoms with E-state index in [0.29, 0.717) is 13.0 Å². The minimum Gasteiger partial charge on any atom is -0.357 e. The maximum absolute atomic E-state index is 13.4. The average Bonchev–Trinajstić information content (AvgIpc) is 3.58. The van der Waals surface area contributed by atoms with Crippen LogP contribution in [0.5, 0.6) is 0 Å². The third-order valence-electron chi connectivity index (χ3n) is 7.45. The second kappa shape index (κ2) is 14.0. The van der Waals surface area contributed by atoms with Crippen LogP contribution in [-0.2, 0) is 34.4 Å². The van der Waals surface area contributed by atoms with E-state index in [0.717, 1.165) is 43.3 Å². The number of aromatic nitrogens is 2. The van der Waals surface area contributed by atoms with E-state index in [1.54, 1.807) is 23.3 Å². The minimum atomic E-state index is -0.780. The van der Waals surface area contributed by atoms with Crippen LogP contribution in [0.15, 0.2) is 91.1 Å². The van der Waals surface area contributed by atoms with Crippen LogP contribution in [0.25, 0.3) is 21.5 Å². The fraction of sp³-hybridized carbons (Fsp3) is 0.235. The van der Waals surface area contributed by atoms with Crippen molar-refractivity contribution in [3.8, 4) is 10.6 Å². The van der Waals surface area contributed by atoms with Crippen molar-refractivity contribution in [2.45, 2.75) is 25.9 Å². The van der Waals surface area contributed by atoms with E-state index in [1.807, 2.05) is 110 Å². The molecule has 2 aromatic heterocycles. The number of para-hydroxylation sites is 2. The predicted octanol–water partition coefficient (Wildman–Crippen LogP) is 4.21. The number of fused-ring (bicyclic) bond motifs is 1. The summed E-state index contributed by atoms with van der Waals surface area (Å²) in [6, 6.07) is 26.4. The van der Waals surface area contributed by atoms with Crippen molar-refractivity contribution >= 4 is 45.6 Å². The lowest BCUT2D eigenvalue weighted by molar-refractivity contribution is -0.128. The fourth-order valence-corrected chi connectivity index (χ4v) is 6.19. The molecule has 2 heterocycles. The Morgan fingerprint density at radius 3 is 2.30 bits per heavy atom. The van der Waals surface area contributed by atoms with Crippen LogP contribution >= 0.6 is 11.3 Å². The molecule has 0 fully saturated rings. The molecule has 0 radical (unpaired) electrons. The van der Waals surface area contributed by atoms with Gasteiger partial charge in [-0.3, -0.25) is 14.4 Å². The summed E-state index contributed by atoms with van der Waals surface area (Å²) in [6.45, 7) is 2.15. The average molecular weight is 609 g/mol. The summed E-state index contributed by atoms with van der Waals surface area (Å²) in [7, 11) is 3.51. The molecule has 0 saturated heterocycles. The Kier molecular flexibility index (Phi) is 9.71. The summed E-state index contributed by atoms with van der Waals surface area (Å²) in [5.41, 5.74) is 4.65. The third-order valence-corrected chi connectivity index (χ3v) is 8.66. The van der Waals surface area contributed by atoms with Gasteiger partial charge in [-0.2, -0.15) is 0 Å². The summed E-state index contributed by atoms with van der Waals surface area (Å²) in [5.74, 6) is -0.874. The van der Waals surface area contributed by atoms with E-state index < -0.39 is 6.04 Å². The maximum atomic E-state index is 13.4. The summed E-state index contributed by atoms with van der Waals surface area (Å²) in [6.07, 6.45) is 2.32. The second-order valence-corrected chi connectivity index (χ2v) is 11.7. The molecule has 226 valence electrons. The van der Waals surface area contributed by atoms with E-state index in [2.05, 4.69) is 20.9 Å². The number of carbonyl (C=O) groups excluding carboxylic acids is 3. The lowest BCUT2D eigenvalue weighted by atomic mass is 10.0. The maximum Gasteiger partial charge on any atom is 0.242 e. The Morgan fingerprint density at radius 2 is 1.57 bits per heavy atom. The first-order chi connectivity index (χ1) is 21.3. The standard InChI is InChI=1S/C34H36N6O3S/c1-23-30(44-34(37-23)24-12-6-4-7-13-24)19-36-31(41)21-40(26-14-8-5-9-15-26)22-32(42)38-28(33(43)35-2)18-25-20-39(3)29-17-11-10-16-27(25)29/h4-17,20,28H,18-19,21-22H2,1-3H3,(H,35,43)(H,36,41)(H,38,42)/t28-/m1/s1. The largest absolute Gasteiger partial charge is 0.357 e. The minimum absolute atomic E-state index is 0.0329. The molecule has 3 N–H and O–H groups in total. The Balaban J connectivity index is 1.25. The molecular formula is C34H36N6O3S. The van der Waals surface area contributed by atoms with Gasteiger partial charge in [-0.05, 0) is 30.7 Å². The van der Waals surface area contributed by atoms with E-state index in [1.165, 1.54) is 0 Å². The number of aryl methyl sites for hydroxylation is 2. The number of hydrogen-bond donors (Lipinski definition) is 3. The van der Waals surface area contributed by atoms with Gasteiger partial charge in [0.2, 0.25) is 17.7 Å². The van der Waals surface area contributed by atoms with Crippen molar-refractivity contribution in [3.63, 3.8) is 0 Å². The van der Waals surface area contributed by atoms with Crippen LogP contribution in [-0.4, -0.2) is 53.5 Å². The first kappa shape index (κ1) is 30.5. The number of hydrogen-bond acceptors (Lipinski definition) is 6. The lowest BCUT2D eigenvalue weighted by Gasteiger charge is -2.25. The number of rotatable bonds is 12. The molecule has 9 nitrogen and oxygen atoms in total.